The molecule has 0 bridgehead atoms. The zero-order chi connectivity index (χ0) is 12.0. The smallest absolute Gasteiger partial charge is 0.326 e. The van der Waals surface area contributed by atoms with Gasteiger partial charge in [-0.3, -0.25) is 4.79 Å². The van der Waals surface area contributed by atoms with Crippen molar-refractivity contribution in [3.05, 3.63) is 0 Å². The average molecular weight is 217 g/mol. The highest BCUT2D eigenvalue weighted by Crippen LogP contribution is 2.00. The summed E-state index contributed by atoms with van der Waals surface area (Å²) in [6, 6.07) is -0.795. The number of carboxylic acid groups (broad SMARTS) is 1. The van der Waals surface area contributed by atoms with Crippen LogP contribution in [0.3, 0.4) is 0 Å². The summed E-state index contributed by atoms with van der Waals surface area (Å²) in [4.78, 5) is 23.3. The van der Waals surface area contributed by atoms with Crippen LogP contribution in [0.2, 0.25) is 0 Å². The van der Waals surface area contributed by atoms with Crippen LogP contribution in [0.1, 0.15) is 27.2 Å². The van der Waals surface area contributed by atoms with Crippen molar-refractivity contribution < 1.29 is 19.4 Å². The second-order valence-corrected chi connectivity index (χ2v) is 3.69. The fourth-order valence-corrected chi connectivity index (χ4v) is 0.940. The number of carbonyl (C=O) groups is 2. The number of hydrogen-bond acceptors (Lipinski definition) is 3. The van der Waals surface area contributed by atoms with Gasteiger partial charge in [0, 0.05) is 7.05 Å². The lowest BCUT2D eigenvalue weighted by molar-refractivity contribution is -0.148. The summed E-state index contributed by atoms with van der Waals surface area (Å²) in [7, 11) is 1.48. The molecule has 1 atom stereocenters. The number of carboxylic acids is 1. The average Bonchev–Trinajstić information content (AvgIpc) is 2.14. The molecule has 0 aromatic carbocycles. The van der Waals surface area contributed by atoms with E-state index in [-0.39, 0.29) is 18.4 Å². The number of hydrogen-bond donors (Lipinski definition) is 1. The number of carbonyl (C=O) groups excluding carboxylic acids is 1. The number of amides is 1. The Morgan fingerprint density at radius 1 is 1.33 bits per heavy atom. The summed E-state index contributed by atoms with van der Waals surface area (Å²) in [6.45, 7) is 5.57. The van der Waals surface area contributed by atoms with Gasteiger partial charge in [0.15, 0.2) is 0 Å². The van der Waals surface area contributed by atoms with Gasteiger partial charge in [0.25, 0.3) is 0 Å². The summed E-state index contributed by atoms with van der Waals surface area (Å²) in [5, 5.41) is 8.69. The molecule has 0 saturated carbocycles. The predicted molar refractivity (Wildman–Crippen MR) is 55.6 cm³/mol. The zero-order valence-electron chi connectivity index (χ0n) is 9.69. The lowest BCUT2D eigenvalue weighted by Gasteiger charge is -2.21. The van der Waals surface area contributed by atoms with Crippen LogP contribution in [0.15, 0.2) is 0 Å². The van der Waals surface area contributed by atoms with Gasteiger partial charge in [0.2, 0.25) is 5.91 Å². The van der Waals surface area contributed by atoms with E-state index in [2.05, 4.69) is 0 Å². The second-order valence-electron chi connectivity index (χ2n) is 3.69. The van der Waals surface area contributed by atoms with Crippen molar-refractivity contribution in [2.75, 3.05) is 13.7 Å². The van der Waals surface area contributed by atoms with Gasteiger partial charge in [-0.1, -0.05) is 0 Å². The van der Waals surface area contributed by atoms with Crippen LogP contribution in [0, 0.1) is 0 Å². The molecule has 0 aliphatic rings. The maximum absolute atomic E-state index is 11.5. The van der Waals surface area contributed by atoms with E-state index in [0.717, 1.165) is 0 Å². The highest BCUT2D eigenvalue weighted by Gasteiger charge is 2.21. The summed E-state index contributed by atoms with van der Waals surface area (Å²) >= 11 is 0. The lowest BCUT2D eigenvalue weighted by atomic mass is 10.2. The molecule has 1 N–H and O–H groups in total. The minimum atomic E-state index is -1.00. The fraction of sp³-hybridized carbons (Fsp3) is 0.800. The van der Waals surface area contributed by atoms with Gasteiger partial charge in [0.05, 0.1) is 19.1 Å². The molecule has 0 fully saturated rings. The Bertz CT molecular complexity index is 227. The first-order valence-corrected chi connectivity index (χ1v) is 4.96. The molecule has 0 aliphatic heterocycles. The van der Waals surface area contributed by atoms with Gasteiger partial charge in [-0.05, 0) is 20.8 Å². The van der Waals surface area contributed by atoms with Crippen molar-refractivity contribution in [3.63, 3.8) is 0 Å². The van der Waals surface area contributed by atoms with E-state index in [1.165, 1.54) is 18.9 Å². The fourth-order valence-electron chi connectivity index (χ4n) is 0.940. The summed E-state index contributed by atoms with van der Waals surface area (Å²) < 4.78 is 5.21. The normalized spacial score (nSPS) is 12.6. The van der Waals surface area contributed by atoms with E-state index in [9.17, 15) is 9.59 Å². The van der Waals surface area contributed by atoms with Crippen molar-refractivity contribution in [1.82, 2.24) is 4.90 Å². The molecule has 0 radical (unpaired) electrons. The largest absolute Gasteiger partial charge is 0.480 e. The molecule has 0 heterocycles. The van der Waals surface area contributed by atoms with Crippen LogP contribution in [0.5, 0.6) is 0 Å². The molecular formula is C10H19NO4. The molecule has 88 valence electrons. The minimum Gasteiger partial charge on any atom is -0.480 e. The topological polar surface area (TPSA) is 66.8 Å². The molecule has 0 aromatic rings. The molecule has 1 amide bonds. The van der Waals surface area contributed by atoms with E-state index in [4.69, 9.17) is 9.84 Å². The van der Waals surface area contributed by atoms with Crippen LogP contribution in [0.4, 0.5) is 0 Å². The van der Waals surface area contributed by atoms with Crippen LogP contribution in [0.25, 0.3) is 0 Å². The standard InChI is InChI=1S/C10H19NO4/c1-7(2)15-6-5-9(12)11(4)8(3)10(13)14/h7-8H,5-6H2,1-4H3,(H,13,14). The highest BCUT2D eigenvalue weighted by molar-refractivity contribution is 5.83. The van der Waals surface area contributed by atoms with Gasteiger partial charge in [0.1, 0.15) is 6.04 Å². The number of nitrogens with zero attached hydrogens (tertiary/aromatic N) is 1. The maximum Gasteiger partial charge on any atom is 0.326 e. The van der Waals surface area contributed by atoms with Gasteiger partial charge in [-0.2, -0.15) is 0 Å². The Morgan fingerprint density at radius 3 is 2.27 bits per heavy atom. The third kappa shape index (κ3) is 5.37. The van der Waals surface area contributed by atoms with Crippen molar-refractivity contribution in [2.24, 2.45) is 0 Å². The van der Waals surface area contributed by atoms with E-state index in [1.807, 2.05) is 13.8 Å². The first kappa shape index (κ1) is 13.9. The molecule has 0 aliphatic carbocycles. The third-order valence-electron chi connectivity index (χ3n) is 2.10. The second kappa shape index (κ2) is 6.40. The quantitative estimate of drug-likeness (QED) is 0.712. The van der Waals surface area contributed by atoms with E-state index in [0.29, 0.717) is 6.61 Å². The number of likely N-dealkylation sites (N-methyl/N-ethyl adjacent to an activating group) is 1. The summed E-state index contributed by atoms with van der Waals surface area (Å²) in [5.74, 6) is -1.22. The SMILES string of the molecule is CC(C)OCCC(=O)N(C)C(C)C(=O)O. The van der Waals surface area contributed by atoms with Crippen LogP contribution < -0.4 is 0 Å². The molecule has 1 unspecified atom stereocenters. The third-order valence-corrected chi connectivity index (χ3v) is 2.10. The van der Waals surface area contributed by atoms with Crippen molar-refractivity contribution in [2.45, 2.75) is 39.3 Å². The Hall–Kier alpha value is -1.10. The highest BCUT2D eigenvalue weighted by atomic mass is 16.5. The van der Waals surface area contributed by atoms with Crippen molar-refractivity contribution in [1.29, 1.82) is 0 Å². The zero-order valence-corrected chi connectivity index (χ0v) is 9.69. The Morgan fingerprint density at radius 2 is 1.87 bits per heavy atom. The van der Waals surface area contributed by atoms with Crippen LogP contribution in [-0.4, -0.2) is 47.7 Å². The monoisotopic (exact) mass is 217 g/mol. The van der Waals surface area contributed by atoms with Crippen LogP contribution >= 0.6 is 0 Å². The Balaban J connectivity index is 3.94. The van der Waals surface area contributed by atoms with E-state index < -0.39 is 12.0 Å². The lowest BCUT2D eigenvalue weighted by Crippen LogP contribution is -2.40. The van der Waals surface area contributed by atoms with E-state index >= 15 is 0 Å². The molecule has 5 nitrogen and oxygen atoms in total. The molecule has 0 spiro atoms. The number of ether oxygens (including phenoxy) is 1. The summed E-state index contributed by atoms with van der Waals surface area (Å²) in [5.41, 5.74) is 0. The molecular weight excluding hydrogens is 198 g/mol. The van der Waals surface area contributed by atoms with Gasteiger partial charge in [-0.25, -0.2) is 4.79 Å². The number of aliphatic carboxylic acids is 1. The van der Waals surface area contributed by atoms with Gasteiger partial charge in [-0.15, -0.1) is 0 Å². The maximum atomic E-state index is 11.5. The van der Waals surface area contributed by atoms with Crippen LogP contribution in [-0.2, 0) is 14.3 Å². The molecule has 0 saturated heterocycles. The van der Waals surface area contributed by atoms with E-state index in [1.54, 1.807) is 0 Å². The molecule has 0 aromatic heterocycles. The predicted octanol–water partition coefficient (Wildman–Crippen LogP) is 0.733. The number of rotatable bonds is 6. The van der Waals surface area contributed by atoms with Crippen molar-refractivity contribution >= 4 is 11.9 Å². The minimum absolute atomic E-state index is 0.0833. The van der Waals surface area contributed by atoms with Gasteiger partial charge < -0.3 is 14.7 Å². The Kier molecular flexibility index (Phi) is 5.93. The molecule has 5 heteroatoms. The van der Waals surface area contributed by atoms with Gasteiger partial charge >= 0.3 is 5.97 Å². The first-order valence-electron chi connectivity index (χ1n) is 4.96. The molecule has 0 rings (SSSR count). The summed E-state index contributed by atoms with van der Waals surface area (Å²) in [6.07, 6.45) is 0.298. The Labute approximate surface area is 90.0 Å². The van der Waals surface area contributed by atoms with Crippen molar-refractivity contribution in [3.8, 4) is 0 Å². The first-order chi connectivity index (χ1) is 6.86. The molecule has 15 heavy (non-hydrogen) atoms.